The molecule has 1 unspecified atom stereocenters. The first-order valence-electron chi connectivity index (χ1n) is 6.48. The molecule has 1 aliphatic rings. The Hall–Kier alpha value is -0.471. The molecule has 0 saturated carbocycles. The van der Waals surface area contributed by atoms with Crippen molar-refractivity contribution >= 4 is 41.0 Å². The average molecular weight is 409 g/mol. The van der Waals surface area contributed by atoms with E-state index >= 15 is 0 Å². The van der Waals surface area contributed by atoms with E-state index in [0.29, 0.717) is 29.0 Å². The SMILES string of the molecule is c1ccc(CN2SC2(c2ccc[se]2)c2ccc[se]2)cc1. The zero-order valence-corrected chi connectivity index (χ0v) is 15.0. The van der Waals surface area contributed by atoms with E-state index in [-0.39, 0.29) is 4.87 Å². The van der Waals surface area contributed by atoms with Crippen molar-refractivity contribution in [3.63, 3.8) is 0 Å². The van der Waals surface area contributed by atoms with Crippen LogP contribution in [0.2, 0.25) is 0 Å². The normalized spacial score (nSPS) is 19.9. The molecule has 0 N–H and O–H groups in total. The van der Waals surface area contributed by atoms with Gasteiger partial charge in [-0.1, -0.05) is 0 Å². The van der Waals surface area contributed by atoms with Gasteiger partial charge in [0.05, 0.1) is 0 Å². The van der Waals surface area contributed by atoms with Crippen molar-refractivity contribution in [2.75, 3.05) is 0 Å². The molecule has 1 aromatic carbocycles. The molecule has 1 fully saturated rings. The van der Waals surface area contributed by atoms with E-state index < -0.39 is 0 Å². The van der Waals surface area contributed by atoms with E-state index in [0.717, 1.165) is 6.54 Å². The van der Waals surface area contributed by atoms with Crippen molar-refractivity contribution < 1.29 is 0 Å². The van der Waals surface area contributed by atoms with Crippen molar-refractivity contribution in [3.8, 4) is 0 Å². The Labute approximate surface area is 135 Å². The zero-order chi connectivity index (χ0) is 13.4. The zero-order valence-electron chi connectivity index (χ0n) is 10.7. The van der Waals surface area contributed by atoms with Gasteiger partial charge in [-0.2, -0.15) is 0 Å². The van der Waals surface area contributed by atoms with Gasteiger partial charge in [0.1, 0.15) is 0 Å². The summed E-state index contributed by atoms with van der Waals surface area (Å²) in [6.45, 7) is 1.03. The van der Waals surface area contributed by atoms with Crippen LogP contribution in [0.5, 0.6) is 0 Å². The predicted octanol–water partition coefficient (Wildman–Crippen LogP) is 3.17. The Morgan fingerprint density at radius 2 is 1.50 bits per heavy atom. The summed E-state index contributed by atoms with van der Waals surface area (Å²) < 4.78 is 5.79. The number of rotatable bonds is 4. The third kappa shape index (κ3) is 2.21. The van der Waals surface area contributed by atoms with Crippen LogP contribution in [0.4, 0.5) is 0 Å². The van der Waals surface area contributed by atoms with E-state index in [4.69, 9.17) is 0 Å². The quantitative estimate of drug-likeness (QED) is 0.370. The van der Waals surface area contributed by atoms with Gasteiger partial charge in [0.2, 0.25) is 0 Å². The molecular formula is C16H13NSSe2. The first-order chi connectivity index (χ1) is 9.89. The third-order valence-corrected chi connectivity index (χ3v) is 9.51. The Balaban J connectivity index is 1.67. The van der Waals surface area contributed by atoms with Crippen LogP contribution in [0.3, 0.4) is 0 Å². The molecule has 3 aromatic rings. The van der Waals surface area contributed by atoms with Gasteiger partial charge in [0, 0.05) is 0 Å². The number of nitrogens with zero attached hydrogens (tertiary/aromatic N) is 1. The van der Waals surface area contributed by atoms with Crippen LogP contribution in [0.1, 0.15) is 14.4 Å². The van der Waals surface area contributed by atoms with Crippen LogP contribution in [-0.4, -0.2) is 33.3 Å². The molecule has 4 rings (SSSR count). The van der Waals surface area contributed by atoms with Crippen molar-refractivity contribution in [1.82, 2.24) is 4.31 Å². The topological polar surface area (TPSA) is 3.01 Å². The van der Waals surface area contributed by atoms with Gasteiger partial charge in [-0.25, -0.2) is 0 Å². The summed E-state index contributed by atoms with van der Waals surface area (Å²) in [5.74, 6) is 0. The Morgan fingerprint density at radius 3 is 2.05 bits per heavy atom. The second-order valence-corrected chi connectivity index (χ2v) is 9.90. The second-order valence-electron chi connectivity index (χ2n) is 4.71. The summed E-state index contributed by atoms with van der Waals surface area (Å²) in [6, 6.07) is 19.9. The fourth-order valence-corrected chi connectivity index (χ4v) is 8.59. The van der Waals surface area contributed by atoms with Gasteiger partial charge < -0.3 is 0 Å². The van der Waals surface area contributed by atoms with Crippen molar-refractivity contribution in [2.45, 2.75) is 11.4 Å². The minimum absolute atomic E-state index is 0.183. The number of benzene rings is 1. The van der Waals surface area contributed by atoms with Crippen LogP contribution in [0.25, 0.3) is 0 Å². The van der Waals surface area contributed by atoms with Gasteiger partial charge in [0.25, 0.3) is 0 Å². The Morgan fingerprint density at radius 1 is 0.850 bits per heavy atom. The van der Waals surface area contributed by atoms with Crippen LogP contribution in [0, 0.1) is 0 Å². The first kappa shape index (κ1) is 13.2. The summed E-state index contributed by atoms with van der Waals surface area (Å²) in [4.78, 5) is 4.85. The molecule has 1 nitrogen and oxygen atoms in total. The monoisotopic (exact) mass is 411 g/mol. The second kappa shape index (κ2) is 5.38. The van der Waals surface area contributed by atoms with Crippen molar-refractivity contribution in [3.05, 3.63) is 78.9 Å². The summed E-state index contributed by atoms with van der Waals surface area (Å²) in [7, 11) is 0. The molecule has 2 aromatic heterocycles. The molecule has 1 aliphatic heterocycles. The Bertz CT molecular complexity index is 642. The number of hydrogen-bond acceptors (Lipinski definition) is 2. The van der Waals surface area contributed by atoms with Crippen molar-refractivity contribution in [1.29, 1.82) is 0 Å². The fourth-order valence-electron chi connectivity index (χ4n) is 2.43. The summed E-state index contributed by atoms with van der Waals surface area (Å²) in [5, 5.41) is 0. The summed E-state index contributed by atoms with van der Waals surface area (Å²) in [5.41, 5.74) is 1.40. The van der Waals surface area contributed by atoms with Gasteiger partial charge in [-0.3, -0.25) is 0 Å². The van der Waals surface area contributed by atoms with E-state index in [9.17, 15) is 0 Å². The molecule has 0 aliphatic carbocycles. The van der Waals surface area contributed by atoms with Gasteiger partial charge >= 0.3 is 136 Å². The molecule has 0 bridgehead atoms. The maximum atomic E-state index is 2.56. The third-order valence-electron chi connectivity index (χ3n) is 3.44. The van der Waals surface area contributed by atoms with E-state index in [1.807, 2.05) is 11.9 Å². The van der Waals surface area contributed by atoms with E-state index in [1.54, 1.807) is 8.87 Å². The van der Waals surface area contributed by atoms with E-state index in [1.165, 1.54) is 5.56 Å². The molecule has 100 valence electrons. The molecule has 0 spiro atoms. The van der Waals surface area contributed by atoms with Crippen LogP contribution < -0.4 is 0 Å². The fraction of sp³-hybridized carbons (Fsp3) is 0.125. The van der Waals surface area contributed by atoms with Crippen LogP contribution in [0.15, 0.2) is 64.5 Å². The van der Waals surface area contributed by atoms with E-state index in [2.05, 4.69) is 68.8 Å². The van der Waals surface area contributed by atoms with Gasteiger partial charge in [-0.15, -0.1) is 0 Å². The maximum absolute atomic E-state index is 2.56. The average Bonchev–Trinajstić information content (AvgIpc) is 2.99. The number of hydrogen-bond donors (Lipinski definition) is 0. The van der Waals surface area contributed by atoms with Crippen LogP contribution >= 0.6 is 11.9 Å². The molecule has 20 heavy (non-hydrogen) atoms. The minimum atomic E-state index is 0.183. The van der Waals surface area contributed by atoms with Gasteiger partial charge in [0.15, 0.2) is 0 Å². The van der Waals surface area contributed by atoms with Crippen molar-refractivity contribution in [2.24, 2.45) is 0 Å². The predicted molar refractivity (Wildman–Crippen MR) is 87.1 cm³/mol. The first-order valence-corrected chi connectivity index (χ1v) is 10.9. The standard InChI is InChI=1S/C16H13NSSe2/c1-2-6-13(7-3-1)12-17-16(18-17,14-8-4-10-19-14)15-9-5-11-20-15/h1-11H,12H2. The van der Waals surface area contributed by atoms with Gasteiger partial charge in [-0.05, 0) is 0 Å². The summed E-state index contributed by atoms with van der Waals surface area (Å²) >= 11 is 3.07. The molecule has 4 heteroatoms. The summed E-state index contributed by atoms with van der Waals surface area (Å²) in [6.07, 6.45) is 0. The molecule has 3 heterocycles. The molecule has 1 saturated heterocycles. The van der Waals surface area contributed by atoms with Crippen LogP contribution in [-0.2, 0) is 11.4 Å². The Kier molecular flexibility index (Phi) is 3.55. The molecule has 1 atom stereocenters. The molecule has 0 radical (unpaired) electrons. The molecular weight excluding hydrogens is 396 g/mol. The molecule has 0 amide bonds.